The SMILES string of the molecule is CCc1ccc2c(c1)CCN(CC(F)(F)CO)C2c1ccc(OCCN2CC(CF)C2)cc1. The van der Waals surface area contributed by atoms with Crippen LogP contribution in [0.3, 0.4) is 0 Å². The summed E-state index contributed by atoms with van der Waals surface area (Å²) in [5, 5.41) is 9.14. The van der Waals surface area contributed by atoms with Gasteiger partial charge in [-0.3, -0.25) is 14.2 Å². The van der Waals surface area contributed by atoms with Gasteiger partial charge in [-0.2, -0.15) is 0 Å². The van der Waals surface area contributed by atoms with Crippen LogP contribution in [0.2, 0.25) is 0 Å². The fraction of sp³-hybridized carbons (Fsp3) is 0.538. The van der Waals surface area contributed by atoms with E-state index >= 15 is 0 Å². The van der Waals surface area contributed by atoms with Gasteiger partial charge in [-0.25, -0.2) is 8.78 Å². The van der Waals surface area contributed by atoms with Crippen LogP contribution in [-0.4, -0.2) is 73.4 Å². The molecule has 0 spiro atoms. The highest BCUT2D eigenvalue weighted by molar-refractivity contribution is 5.43. The molecule has 0 radical (unpaired) electrons. The second-order valence-electron chi connectivity index (χ2n) is 9.22. The summed E-state index contributed by atoms with van der Waals surface area (Å²) in [5.74, 6) is -2.26. The molecule has 180 valence electrons. The number of nitrogens with zero attached hydrogens (tertiary/aromatic N) is 2. The van der Waals surface area contributed by atoms with Gasteiger partial charge in [0.2, 0.25) is 0 Å². The van der Waals surface area contributed by atoms with E-state index in [0.717, 1.165) is 42.9 Å². The van der Waals surface area contributed by atoms with Crippen molar-refractivity contribution in [3.05, 3.63) is 64.7 Å². The van der Waals surface area contributed by atoms with E-state index in [9.17, 15) is 13.2 Å². The third-order valence-electron chi connectivity index (χ3n) is 6.73. The van der Waals surface area contributed by atoms with Crippen LogP contribution in [0.25, 0.3) is 0 Å². The van der Waals surface area contributed by atoms with Crippen LogP contribution in [0.15, 0.2) is 42.5 Å². The first-order valence-corrected chi connectivity index (χ1v) is 11.8. The van der Waals surface area contributed by atoms with Crippen molar-refractivity contribution in [3.63, 3.8) is 0 Å². The van der Waals surface area contributed by atoms with E-state index in [1.807, 2.05) is 24.3 Å². The summed E-state index contributed by atoms with van der Waals surface area (Å²) in [6, 6.07) is 13.7. The second kappa shape index (κ2) is 10.5. The number of aliphatic hydroxyl groups excluding tert-OH is 1. The lowest BCUT2D eigenvalue weighted by atomic mass is 9.86. The van der Waals surface area contributed by atoms with Crippen molar-refractivity contribution in [1.29, 1.82) is 0 Å². The van der Waals surface area contributed by atoms with Crippen LogP contribution in [0.1, 0.15) is 35.2 Å². The Bertz CT molecular complexity index is 916. The fourth-order valence-corrected chi connectivity index (χ4v) is 4.86. The van der Waals surface area contributed by atoms with E-state index in [4.69, 9.17) is 9.84 Å². The van der Waals surface area contributed by atoms with E-state index in [1.54, 1.807) is 4.90 Å². The summed E-state index contributed by atoms with van der Waals surface area (Å²) in [6.07, 6.45) is 1.64. The Balaban J connectivity index is 1.48. The largest absolute Gasteiger partial charge is 0.492 e. The van der Waals surface area contributed by atoms with Crippen molar-refractivity contribution in [3.8, 4) is 5.75 Å². The Hall–Kier alpha value is -2.09. The lowest BCUT2D eigenvalue weighted by molar-refractivity contribution is -0.0786. The number of aryl methyl sites for hydroxylation is 1. The van der Waals surface area contributed by atoms with Crippen molar-refractivity contribution in [2.45, 2.75) is 31.7 Å². The maximum Gasteiger partial charge on any atom is 0.283 e. The van der Waals surface area contributed by atoms with Crippen molar-refractivity contribution in [2.75, 3.05) is 52.6 Å². The summed E-state index contributed by atoms with van der Waals surface area (Å²) in [4.78, 5) is 3.94. The minimum Gasteiger partial charge on any atom is -0.492 e. The summed E-state index contributed by atoms with van der Waals surface area (Å²) >= 11 is 0. The molecule has 0 amide bonds. The molecule has 2 aromatic rings. The standard InChI is InChI=1S/C26H33F3N2O2/c1-2-19-3-8-24-22(13-19)9-10-31(17-26(28,29)18-32)25(24)21-4-6-23(7-5-21)33-12-11-30-15-20(14-27)16-30/h3-8,13,20,25,32H,2,9-12,14-18H2,1H3. The minimum absolute atomic E-state index is 0.164. The minimum atomic E-state index is -3.15. The zero-order valence-corrected chi connectivity index (χ0v) is 19.2. The Labute approximate surface area is 194 Å². The Kier molecular flexibility index (Phi) is 7.62. The molecule has 1 N–H and O–H groups in total. The van der Waals surface area contributed by atoms with E-state index < -0.39 is 19.1 Å². The highest BCUT2D eigenvalue weighted by Gasteiger charge is 2.37. The molecule has 0 saturated carbocycles. The van der Waals surface area contributed by atoms with Gasteiger partial charge in [-0.1, -0.05) is 37.3 Å². The van der Waals surface area contributed by atoms with Crippen molar-refractivity contribution in [2.24, 2.45) is 5.92 Å². The van der Waals surface area contributed by atoms with Gasteiger partial charge in [0.1, 0.15) is 19.0 Å². The van der Waals surface area contributed by atoms with Gasteiger partial charge in [-0.15, -0.1) is 0 Å². The third kappa shape index (κ3) is 5.70. The molecule has 0 aromatic heterocycles. The second-order valence-corrected chi connectivity index (χ2v) is 9.22. The number of fused-ring (bicyclic) bond motifs is 1. The van der Waals surface area contributed by atoms with Crippen LogP contribution in [0, 0.1) is 5.92 Å². The van der Waals surface area contributed by atoms with E-state index in [0.29, 0.717) is 19.6 Å². The number of ether oxygens (including phenoxy) is 1. The average Bonchev–Trinajstić information content (AvgIpc) is 2.80. The first kappa shape index (κ1) is 24.0. The monoisotopic (exact) mass is 462 g/mol. The maximum atomic E-state index is 14.1. The molecule has 0 aliphatic carbocycles. The van der Waals surface area contributed by atoms with E-state index in [2.05, 4.69) is 30.0 Å². The molecule has 2 aliphatic heterocycles. The van der Waals surface area contributed by atoms with Gasteiger partial charge in [0, 0.05) is 32.1 Å². The lowest BCUT2D eigenvalue weighted by Gasteiger charge is -2.39. The van der Waals surface area contributed by atoms with E-state index in [-0.39, 0.29) is 18.6 Å². The molecule has 1 atom stereocenters. The van der Waals surface area contributed by atoms with Gasteiger partial charge >= 0.3 is 0 Å². The number of halogens is 3. The van der Waals surface area contributed by atoms with Crippen LogP contribution in [0.4, 0.5) is 13.2 Å². The summed E-state index contributed by atoms with van der Waals surface area (Å²) in [5.41, 5.74) is 4.41. The molecule has 4 nitrogen and oxygen atoms in total. The number of aliphatic hydroxyl groups is 1. The normalized spacial score (nSPS) is 19.8. The summed E-state index contributed by atoms with van der Waals surface area (Å²) in [6.45, 7) is 3.57. The van der Waals surface area contributed by atoms with Gasteiger partial charge in [0.05, 0.1) is 19.3 Å². The predicted octanol–water partition coefficient (Wildman–Crippen LogP) is 4.10. The topological polar surface area (TPSA) is 35.9 Å². The smallest absolute Gasteiger partial charge is 0.283 e. The predicted molar refractivity (Wildman–Crippen MR) is 123 cm³/mol. The Morgan fingerprint density at radius 1 is 1.12 bits per heavy atom. The first-order valence-electron chi connectivity index (χ1n) is 11.8. The molecular weight excluding hydrogens is 429 g/mol. The molecule has 1 unspecified atom stereocenters. The quantitative estimate of drug-likeness (QED) is 0.577. The average molecular weight is 463 g/mol. The number of hydrogen-bond donors (Lipinski definition) is 1. The maximum absolute atomic E-state index is 14.1. The third-order valence-corrected chi connectivity index (χ3v) is 6.73. The van der Waals surface area contributed by atoms with E-state index in [1.165, 1.54) is 11.1 Å². The lowest BCUT2D eigenvalue weighted by Crippen LogP contribution is -2.49. The molecule has 4 rings (SSSR count). The number of likely N-dealkylation sites (tertiary alicyclic amines) is 1. The Morgan fingerprint density at radius 2 is 1.88 bits per heavy atom. The first-order chi connectivity index (χ1) is 15.9. The number of alkyl halides is 3. The highest BCUT2D eigenvalue weighted by Crippen LogP contribution is 2.37. The zero-order chi connectivity index (χ0) is 23.4. The number of rotatable bonds is 10. The highest BCUT2D eigenvalue weighted by atomic mass is 19.3. The van der Waals surface area contributed by atoms with Crippen molar-refractivity contribution in [1.82, 2.24) is 9.80 Å². The molecule has 1 saturated heterocycles. The summed E-state index contributed by atoms with van der Waals surface area (Å²) < 4.78 is 46.7. The zero-order valence-electron chi connectivity index (χ0n) is 19.2. The van der Waals surface area contributed by atoms with Gasteiger partial charge in [-0.05, 0) is 47.2 Å². The van der Waals surface area contributed by atoms with Gasteiger partial charge in [0.25, 0.3) is 5.92 Å². The molecule has 1 fully saturated rings. The summed E-state index contributed by atoms with van der Waals surface area (Å²) in [7, 11) is 0. The molecule has 2 aromatic carbocycles. The molecule has 0 bridgehead atoms. The van der Waals surface area contributed by atoms with Crippen molar-refractivity contribution < 1.29 is 23.0 Å². The molecular formula is C26H33F3N2O2. The van der Waals surface area contributed by atoms with Crippen LogP contribution in [0.5, 0.6) is 5.75 Å². The number of benzene rings is 2. The van der Waals surface area contributed by atoms with Crippen LogP contribution < -0.4 is 4.74 Å². The molecule has 33 heavy (non-hydrogen) atoms. The van der Waals surface area contributed by atoms with Crippen molar-refractivity contribution >= 4 is 0 Å². The fourth-order valence-electron chi connectivity index (χ4n) is 4.86. The van der Waals surface area contributed by atoms with Gasteiger partial charge < -0.3 is 9.84 Å². The Morgan fingerprint density at radius 3 is 2.55 bits per heavy atom. The molecule has 7 heteroatoms. The number of hydrogen-bond acceptors (Lipinski definition) is 4. The van der Waals surface area contributed by atoms with Crippen LogP contribution >= 0.6 is 0 Å². The van der Waals surface area contributed by atoms with Crippen LogP contribution in [-0.2, 0) is 12.8 Å². The van der Waals surface area contributed by atoms with Gasteiger partial charge in [0.15, 0.2) is 0 Å². The molecule has 2 aliphatic rings. The molecule has 2 heterocycles.